The number of rotatable bonds is 6. The standard InChI is InChI=1S/C26H26N2O4S/c1-15(2)17-5-7-18(8-6-17)22-21(24(30)25(31)28(22)26-27-13-14-33-26)23(29)19-9-11-20(12-10-19)32-16(3)4/h5-16,22,29H,1-4H3/b23-21+/t22-/m1/s1. The number of hydrogen-bond acceptors (Lipinski definition) is 6. The van der Waals surface area contributed by atoms with Crippen molar-refractivity contribution < 1.29 is 19.4 Å². The molecule has 1 atom stereocenters. The number of aromatic nitrogens is 1. The Morgan fingerprint density at radius 1 is 1.03 bits per heavy atom. The summed E-state index contributed by atoms with van der Waals surface area (Å²) in [6, 6.07) is 13.8. The number of thiazole rings is 1. The summed E-state index contributed by atoms with van der Waals surface area (Å²) >= 11 is 1.27. The van der Waals surface area contributed by atoms with E-state index in [1.807, 2.05) is 38.1 Å². The first-order chi connectivity index (χ1) is 15.8. The molecule has 2 heterocycles. The smallest absolute Gasteiger partial charge is 0.301 e. The molecule has 1 N–H and O–H groups in total. The Morgan fingerprint density at radius 3 is 2.24 bits per heavy atom. The molecule has 1 aliphatic heterocycles. The Hall–Kier alpha value is -3.45. The Kier molecular flexibility index (Phi) is 6.33. The van der Waals surface area contributed by atoms with Crippen molar-refractivity contribution in [2.75, 3.05) is 4.90 Å². The highest BCUT2D eigenvalue weighted by Crippen LogP contribution is 2.43. The average Bonchev–Trinajstić information content (AvgIpc) is 3.40. The number of benzene rings is 2. The van der Waals surface area contributed by atoms with Gasteiger partial charge in [-0.3, -0.25) is 14.5 Å². The van der Waals surface area contributed by atoms with Gasteiger partial charge in [-0.1, -0.05) is 38.1 Å². The van der Waals surface area contributed by atoms with Crippen LogP contribution < -0.4 is 9.64 Å². The zero-order valence-electron chi connectivity index (χ0n) is 19.0. The molecular weight excluding hydrogens is 436 g/mol. The number of aliphatic hydroxyl groups is 1. The maximum atomic E-state index is 13.1. The lowest BCUT2D eigenvalue weighted by molar-refractivity contribution is -0.132. The molecule has 6 nitrogen and oxygen atoms in total. The highest BCUT2D eigenvalue weighted by atomic mass is 32.1. The molecule has 1 saturated heterocycles. The molecule has 3 aromatic rings. The normalized spacial score (nSPS) is 17.9. The number of ketones is 1. The van der Waals surface area contributed by atoms with Crippen molar-refractivity contribution in [3.8, 4) is 5.75 Å². The molecule has 0 spiro atoms. The number of carbonyl (C=O) groups excluding carboxylic acids is 2. The molecule has 33 heavy (non-hydrogen) atoms. The predicted molar refractivity (Wildman–Crippen MR) is 130 cm³/mol. The van der Waals surface area contributed by atoms with E-state index >= 15 is 0 Å². The highest BCUT2D eigenvalue weighted by Gasteiger charge is 2.47. The Labute approximate surface area is 197 Å². The fraction of sp³-hybridized carbons (Fsp3) is 0.269. The van der Waals surface area contributed by atoms with Crippen molar-refractivity contribution in [2.45, 2.75) is 45.8 Å². The van der Waals surface area contributed by atoms with Crippen LogP contribution in [0.15, 0.2) is 65.7 Å². The van der Waals surface area contributed by atoms with E-state index in [0.29, 0.717) is 22.4 Å². The monoisotopic (exact) mass is 462 g/mol. The molecule has 0 saturated carbocycles. The summed E-state index contributed by atoms with van der Waals surface area (Å²) in [5, 5.41) is 13.4. The highest BCUT2D eigenvalue weighted by molar-refractivity contribution is 7.14. The molecular formula is C26H26N2O4S. The van der Waals surface area contributed by atoms with Gasteiger partial charge in [0.15, 0.2) is 5.13 Å². The fourth-order valence-corrected chi connectivity index (χ4v) is 4.53. The third kappa shape index (κ3) is 4.41. The first kappa shape index (κ1) is 22.7. The van der Waals surface area contributed by atoms with Gasteiger partial charge in [0.1, 0.15) is 11.5 Å². The van der Waals surface area contributed by atoms with E-state index in [1.54, 1.807) is 35.8 Å². The number of Topliss-reactive ketones (excluding diaryl/α,β-unsaturated/α-hetero) is 1. The number of carbonyl (C=O) groups is 2. The number of anilines is 1. The van der Waals surface area contributed by atoms with Crippen LogP contribution in [0.2, 0.25) is 0 Å². The van der Waals surface area contributed by atoms with Gasteiger partial charge in [0, 0.05) is 17.1 Å². The summed E-state index contributed by atoms with van der Waals surface area (Å²) in [6.45, 7) is 8.06. The quantitative estimate of drug-likeness (QED) is 0.290. The second-order valence-corrected chi connectivity index (χ2v) is 9.37. The number of aliphatic hydroxyl groups excluding tert-OH is 1. The van der Waals surface area contributed by atoms with Gasteiger partial charge in [0.05, 0.1) is 17.7 Å². The van der Waals surface area contributed by atoms with Crippen molar-refractivity contribution in [3.05, 3.63) is 82.4 Å². The van der Waals surface area contributed by atoms with Crippen LogP contribution >= 0.6 is 11.3 Å². The van der Waals surface area contributed by atoms with Gasteiger partial charge in [0.2, 0.25) is 0 Å². The van der Waals surface area contributed by atoms with Crippen molar-refractivity contribution in [1.82, 2.24) is 4.98 Å². The Bertz CT molecular complexity index is 1180. The van der Waals surface area contributed by atoms with Gasteiger partial charge >= 0.3 is 5.91 Å². The van der Waals surface area contributed by atoms with Crippen molar-refractivity contribution >= 4 is 33.9 Å². The van der Waals surface area contributed by atoms with Gasteiger partial charge in [0.25, 0.3) is 5.78 Å². The van der Waals surface area contributed by atoms with E-state index in [4.69, 9.17) is 4.74 Å². The minimum absolute atomic E-state index is 0.0156. The van der Waals surface area contributed by atoms with Crippen LogP contribution in [0.25, 0.3) is 5.76 Å². The number of nitrogens with zero attached hydrogens (tertiary/aromatic N) is 2. The van der Waals surface area contributed by atoms with Crippen LogP contribution in [0.1, 0.15) is 56.3 Å². The first-order valence-electron chi connectivity index (χ1n) is 10.9. The zero-order valence-corrected chi connectivity index (χ0v) is 19.8. The third-order valence-electron chi connectivity index (χ3n) is 5.49. The zero-order chi connectivity index (χ0) is 23.7. The molecule has 0 bridgehead atoms. The van der Waals surface area contributed by atoms with Crippen molar-refractivity contribution in [3.63, 3.8) is 0 Å². The van der Waals surface area contributed by atoms with Crippen LogP contribution in [0.3, 0.4) is 0 Å². The molecule has 170 valence electrons. The summed E-state index contributed by atoms with van der Waals surface area (Å²) in [5.74, 6) is -0.657. The molecule has 7 heteroatoms. The summed E-state index contributed by atoms with van der Waals surface area (Å²) in [4.78, 5) is 31.8. The molecule has 1 fully saturated rings. The van der Waals surface area contributed by atoms with Gasteiger partial charge in [-0.25, -0.2) is 4.98 Å². The molecule has 0 aliphatic carbocycles. The summed E-state index contributed by atoms with van der Waals surface area (Å²) in [7, 11) is 0. The molecule has 0 radical (unpaired) electrons. The molecule has 0 unspecified atom stereocenters. The molecule has 4 rings (SSSR count). The van der Waals surface area contributed by atoms with E-state index in [0.717, 1.165) is 11.1 Å². The van der Waals surface area contributed by atoms with Crippen LogP contribution in [-0.4, -0.2) is 27.9 Å². The van der Waals surface area contributed by atoms with Crippen LogP contribution in [0, 0.1) is 0 Å². The van der Waals surface area contributed by atoms with E-state index in [1.165, 1.54) is 16.2 Å². The van der Waals surface area contributed by atoms with E-state index in [-0.39, 0.29) is 17.4 Å². The molecule has 1 amide bonds. The lowest BCUT2D eigenvalue weighted by Gasteiger charge is -2.23. The summed E-state index contributed by atoms with van der Waals surface area (Å²) < 4.78 is 5.67. The molecule has 1 aromatic heterocycles. The maximum Gasteiger partial charge on any atom is 0.301 e. The summed E-state index contributed by atoms with van der Waals surface area (Å²) in [6.07, 6.45) is 1.60. The van der Waals surface area contributed by atoms with Gasteiger partial charge in [-0.2, -0.15) is 0 Å². The number of hydrogen-bond donors (Lipinski definition) is 1. The van der Waals surface area contributed by atoms with E-state index in [2.05, 4.69) is 18.8 Å². The molecule has 2 aromatic carbocycles. The lowest BCUT2D eigenvalue weighted by Crippen LogP contribution is -2.29. The second-order valence-electron chi connectivity index (χ2n) is 8.50. The number of ether oxygens (including phenoxy) is 1. The van der Waals surface area contributed by atoms with E-state index in [9.17, 15) is 14.7 Å². The topological polar surface area (TPSA) is 79.7 Å². The van der Waals surface area contributed by atoms with Crippen LogP contribution in [0.5, 0.6) is 5.75 Å². The Balaban J connectivity index is 1.83. The van der Waals surface area contributed by atoms with E-state index < -0.39 is 17.7 Å². The van der Waals surface area contributed by atoms with Crippen molar-refractivity contribution in [1.29, 1.82) is 0 Å². The SMILES string of the molecule is CC(C)Oc1ccc(/C(O)=C2\C(=O)C(=O)N(c3nccs3)[C@@H]2c2ccc(C(C)C)cc2)cc1. The predicted octanol–water partition coefficient (Wildman–Crippen LogP) is 5.68. The fourth-order valence-electron chi connectivity index (χ4n) is 3.86. The second kappa shape index (κ2) is 9.19. The largest absolute Gasteiger partial charge is 0.507 e. The van der Waals surface area contributed by atoms with Crippen LogP contribution in [-0.2, 0) is 9.59 Å². The first-order valence-corrected chi connectivity index (χ1v) is 11.7. The average molecular weight is 463 g/mol. The van der Waals surface area contributed by atoms with Gasteiger partial charge in [-0.15, -0.1) is 11.3 Å². The van der Waals surface area contributed by atoms with Gasteiger partial charge < -0.3 is 9.84 Å². The summed E-state index contributed by atoms with van der Waals surface area (Å²) in [5.41, 5.74) is 2.36. The number of amides is 1. The van der Waals surface area contributed by atoms with Crippen LogP contribution in [0.4, 0.5) is 5.13 Å². The lowest BCUT2D eigenvalue weighted by atomic mass is 9.93. The molecule has 1 aliphatic rings. The minimum Gasteiger partial charge on any atom is -0.507 e. The van der Waals surface area contributed by atoms with Crippen molar-refractivity contribution in [2.24, 2.45) is 0 Å². The maximum absolute atomic E-state index is 13.1. The Morgan fingerprint density at radius 2 is 1.70 bits per heavy atom. The minimum atomic E-state index is -0.774. The third-order valence-corrected chi connectivity index (χ3v) is 6.26. The van der Waals surface area contributed by atoms with Gasteiger partial charge in [-0.05, 0) is 55.2 Å².